The van der Waals surface area contributed by atoms with Crippen molar-refractivity contribution in [2.24, 2.45) is 5.73 Å². The summed E-state index contributed by atoms with van der Waals surface area (Å²) >= 11 is 1.35. The summed E-state index contributed by atoms with van der Waals surface area (Å²) < 4.78 is 10.6. The van der Waals surface area contributed by atoms with E-state index in [2.05, 4.69) is 10.3 Å². The van der Waals surface area contributed by atoms with Crippen LogP contribution in [0.1, 0.15) is 19.8 Å². The van der Waals surface area contributed by atoms with Crippen LogP contribution in [-0.4, -0.2) is 31.2 Å². The Morgan fingerprint density at radius 1 is 1.39 bits per heavy atom. The van der Waals surface area contributed by atoms with Crippen LogP contribution >= 0.6 is 11.3 Å². The summed E-state index contributed by atoms with van der Waals surface area (Å²) in [5, 5.41) is 5.13. The molecule has 6 nitrogen and oxygen atoms in total. The maximum atomic E-state index is 12.0. The van der Waals surface area contributed by atoms with Gasteiger partial charge in [-0.05, 0) is 24.6 Å². The highest BCUT2D eigenvalue weighted by atomic mass is 32.1. The van der Waals surface area contributed by atoms with Crippen molar-refractivity contribution in [1.82, 2.24) is 4.98 Å². The number of rotatable bonds is 7. The van der Waals surface area contributed by atoms with E-state index in [1.54, 1.807) is 14.2 Å². The lowest BCUT2D eigenvalue weighted by atomic mass is 10.1. The zero-order valence-electron chi connectivity index (χ0n) is 13.5. The van der Waals surface area contributed by atoms with Crippen molar-refractivity contribution in [3.8, 4) is 22.8 Å². The van der Waals surface area contributed by atoms with Crippen LogP contribution in [0.3, 0.4) is 0 Å². The highest BCUT2D eigenvalue weighted by molar-refractivity contribution is 7.14. The molecule has 0 fully saturated rings. The fourth-order valence-corrected chi connectivity index (χ4v) is 2.82. The van der Waals surface area contributed by atoms with Crippen molar-refractivity contribution in [3.63, 3.8) is 0 Å². The quantitative estimate of drug-likeness (QED) is 0.812. The number of carbonyl (C=O) groups excluding carboxylic acids is 1. The van der Waals surface area contributed by atoms with Crippen molar-refractivity contribution in [2.75, 3.05) is 19.5 Å². The molecule has 0 aliphatic rings. The molecule has 0 aliphatic carbocycles. The Labute approximate surface area is 139 Å². The summed E-state index contributed by atoms with van der Waals surface area (Å²) in [6.07, 6.45) is 1.51. The second kappa shape index (κ2) is 7.94. The predicted molar refractivity (Wildman–Crippen MR) is 92.2 cm³/mol. The molecule has 1 aromatic heterocycles. The van der Waals surface area contributed by atoms with Crippen molar-refractivity contribution >= 4 is 22.4 Å². The standard InChI is InChI=1S/C16H21N3O3S/c1-4-5-12(17)15(20)19-16-18-13(9-23-16)11-8-10(21-2)6-7-14(11)22-3/h6-9,12H,4-5,17H2,1-3H3,(H,18,19,20). The summed E-state index contributed by atoms with van der Waals surface area (Å²) in [6.45, 7) is 1.99. The molecule has 0 bridgehead atoms. The lowest BCUT2D eigenvalue weighted by Crippen LogP contribution is -2.35. The Bertz CT molecular complexity index is 672. The Balaban J connectivity index is 2.20. The van der Waals surface area contributed by atoms with E-state index in [-0.39, 0.29) is 5.91 Å². The lowest BCUT2D eigenvalue weighted by Gasteiger charge is -2.09. The molecule has 124 valence electrons. The van der Waals surface area contributed by atoms with Gasteiger partial charge in [0.25, 0.3) is 0 Å². The molecule has 1 amide bonds. The monoisotopic (exact) mass is 335 g/mol. The van der Waals surface area contributed by atoms with Crippen LogP contribution in [0.2, 0.25) is 0 Å². The lowest BCUT2D eigenvalue weighted by molar-refractivity contribution is -0.117. The van der Waals surface area contributed by atoms with Gasteiger partial charge in [-0.1, -0.05) is 13.3 Å². The minimum absolute atomic E-state index is 0.217. The third-order valence-corrected chi connectivity index (χ3v) is 4.11. The van der Waals surface area contributed by atoms with Gasteiger partial charge < -0.3 is 20.5 Å². The summed E-state index contributed by atoms with van der Waals surface area (Å²) in [7, 11) is 3.21. The number of aromatic nitrogens is 1. The third kappa shape index (κ3) is 4.20. The average molecular weight is 335 g/mol. The third-order valence-electron chi connectivity index (χ3n) is 3.35. The normalized spacial score (nSPS) is 11.8. The molecule has 1 heterocycles. The molecular formula is C16H21N3O3S. The minimum Gasteiger partial charge on any atom is -0.497 e. The molecule has 0 saturated heterocycles. The number of nitrogens with zero attached hydrogens (tertiary/aromatic N) is 1. The van der Waals surface area contributed by atoms with Gasteiger partial charge in [0.15, 0.2) is 5.13 Å². The number of benzene rings is 1. The molecule has 0 spiro atoms. The van der Waals surface area contributed by atoms with Gasteiger partial charge in [-0.15, -0.1) is 11.3 Å². The largest absolute Gasteiger partial charge is 0.497 e. The summed E-state index contributed by atoms with van der Waals surface area (Å²) in [5.41, 5.74) is 7.33. The van der Waals surface area contributed by atoms with E-state index in [1.165, 1.54) is 11.3 Å². The van der Waals surface area contributed by atoms with E-state index in [1.807, 2.05) is 30.5 Å². The maximum Gasteiger partial charge on any atom is 0.243 e. The topological polar surface area (TPSA) is 86.5 Å². The molecule has 3 N–H and O–H groups in total. The Hall–Kier alpha value is -2.12. The van der Waals surface area contributed by atoms with Crippen molar-refractivity contribution in [2.45, 2.75) is 25.8 Å². The molecule has 2 aromatic rings. The number of methoxy groups -OCH3 is 2. The van der Waals surface area contributed by atoms with E-state index in [0.29, 0.717) is 28.7 Å². The number of hydrogen-bond acceptors (Lipinski definition) is 6. The number of carbonyl (C=O) groups is 1. The summed E-state index contributed by atoms with van der Waals surface area (Å²) in [4.78, 5) is 16.4. The number of nitrogens with two attached hydrogens (primary N) is 1. The van der Waals surface area contributed by atoms with Gasteiger partial charge in [0.1, 0.15) is 11.5 Å². The minimum atomic E-state index is -0.515. The molecule has 0 aliphatic heterocycles. The first-order valence-corrected chi connectivity index (χ1v) is 8.21. The smallest absolute Gasteiger partial charge is 0.243 e. The number of anilines is 1. The first-order valence-electron chi connectivity index (χ1n) is 7.33. The molecule has 1 aromatic carbocycles. The van der Waals surface area contributed by atoms with Crippen LogP contribution in [-0.2, 0) is 4.79 Å². The first kappa shape index (κ1) is 17.2. The van der Waals surface area contributed by atoms with Gasteiger partial charge in [-0.25, -0.2) is 4.98 Å². The van der Waals surface area contributed by atoms with Gasteiger partial charge >= 0.3 is 0 Å². The van der Waals surface area contributed by atoms with Crippen LogP contribution in [0.4, 0.5) is 5.13 Å². The Morgan fingerprint density at radius 2 is 2.17 bits per heavy atom. The predicted octanol–water partition coefficient (Wildman–Crippen LogP) is 2.89. The van der Waals surface area contributed by atoms with Crippen LogP contribution in [0, 0.1) is 0 Å². The zero-order chi connectivity index (χ0) is 16.8. The van der Waals surface area contributed by atoms with E-state index < -0.39 is 6.04 Å². The molecular weight excluding hydrogens is 314 g/mol. The van der Waals surface area contributed by atoms with Crippen molar-refractivity contribution in [1.29, 1.82) is 0 Å². The molecule has 7 heteroatoms. The van der Waals surface area contributed by atoms with Crippen molar-refractivity contribution < 1.29 is 14.3 Å². The molecule has 23 heavy (non-hydrogen) atoms. The van der Waals surface area contributed by atoms with Gasteiger partial charge in [0.2, 0.25) is 5.91 Å². The number of ether oxygens (including phenoxy) is 2. The van der Waals surface area contributed by atoms with E-state index in [9.17, 15) is 4.79 Å². The highest BCUT2D eigenvalue weighted by Crippen LogP contribution is 2.35. The molecule has 2 rings (SSSR count). The average Bonchev–Trinajstić information content (AvgIpc) is 3.02. The Morgan fingerprint density at radius 3 is 2.83 bits per heavy atom. The van der Waals surface area contributed by atoms with Crippen LogP contribution in [0.5, 0.6) is 11.5 Å². The molecule has 0 saturated carbocycles. The SMILES string of the molecule is CCCC(N)C(=O)Nc1nc(-c2cc(OC)ccc2OC)cs1. The first-order chi connectivity index (χ1) is 11.1. The van der Waals surface area contributed by atoms with Gasteiger partial charge in [0.05, 0.1) is 26.0 Å². The maximum absolute atomic E-state index is 12.0. The number of nitrogens with one attached hydrogen (secondary N) is 1. The number of thiazole rings is 1. The highest BCUT2D eigenvalue weighted by Gasteiger charge is 2.16. The van der Waals surface area contributed by atoms with Crippen molar-refractivity contribution in [3.05, 3.63) is 23.6 Å². The summed E-state index contributed by atoms with van der Waals surface area (Å²) in [6, 6.07) is 4.98. The second-order valence-corrected chi connectivity index (χ2v) is 5.85. The fraction of sp³-hybridized carbons (Fsp3) is 0.375. The Kier molecular flexibility index (Phi) is 5.95. The molecule has 1 atom stereocenters. The van der Waals surface area contributed by atoms with Gasteiger partial charge in [0, 0.05) is 10.9 Å². The zero-order valence-corrected chi connectivity index (χ0v) is 14.3. The number of amides is 1. The van der Waals surface area contributed by atoms with Gasteiger partial charge in [-0.2, -0.15) is 0 Å². The molecule has 1 unspecified atom stereocenters. The van der Waals surface area contributed by atoms with E-state index >= 15 is 0 Å². The molecule has 0 radical (unpaired) electrons. The van der Waals surface area contributed by atoms with Gasteiger partial charge in [-0.3, -0.25) is 4.79 Å². The van der Waals surface area contributed by atoms with Crippen LogP contribution < -0.4 is 20.5 Å². The summed E-state index contributed by atoms with van der Waals surface area (Å²) in [5.74, 6) is 1.19. The second-order valence-electron chi connectivity index (χ2n) is 4.99. The van der Waals surface area contributed by atoms with E-state index in [4.69, 9.17) is 15.2 Å². The van der Waals surface area contributed by atoms with E-state index in [0.717, 1.165) is 12.0 Å². The van der Waals surface area contributed by atoms with Crippen LogP contribution in [0.25, 0.3) is 11.3 Å². The van der Waals surface area contributed by atoms with Crippen LogP contribution in [0.15, 0.2) is 23.6 Å². The number of hydrogen-bond donors (Lipinski definition) is 2. The fourth-order valence-electron chi connectivity index (χ4n) is 2.11.